The van der Waals surface area contributed by atoms with Crippen molar-refractivity contribution in [3.8, 4) is 16.9 Å². The molecule has 2 bridgehead atoms. The number of aliphatic hydroxyl groups is 2. The highest BCUT2D eigenvalue weighted by atomic mass is 16.7. The van der Waals surface area contributed by atoms with Crippen LogP contribution in [-0.4, -0.2) is 65.7 Å². The molecule has 1 saturated heterocycles. The summed E-state index contributed by atoms with van der Waals surface area (Å²) in [6, 6.07) is 11.8. The van der Waals surface area contributed by atoms with Crippen molar-refractivity contribution in [2.45, 2.75) is 84.2 Å². The van der Waals surface area contributed by atoms with Gasteiger partial charge in [-0.2, -0.15) is 5.06 Å². The molecule has 7 rings (SSSR count). The third kappa shape index (κ3) is 4.90. The topological polar surface area (TPSA) is 103 Å². The number of para-hydroxylation sites is 1. The van der Waals surface area contributed by atoms with Crippen molar-refractivity contribution in [3.05, 3.63) is 47.5 Å². The number of hydrogen-bond acceptors (Lipinski definition) is 7. The lowest BCUT2D eigenvalue weighted by Gasteiger charge is -2.62. The second-order valence-electron chi connectivity index (χ2n) is 13.6. The number of hydrogen-bond donors (Lipinski definition) is 4. The summed E-state index contributed by atoms with van der Waals surface area (Å²) in [5, 5.41) is 29.6. The van der Waals surface area contributed by atoms with E-state index in [2.05, 4.69) is 55.7 Å². The van der Waals surface area contributed by atoms with Gasteiger partial charge in [0.25, 0.3) is 0 Å². The zero-order chi connectivity index (χ0) is 29.8. The van der Waals surface area contributed by atoms with Gasteiger partial charge in [-0.05, 0) is 73.0 Å². The van der Waals surface area contributed by atoms with E-state index in [1.165, 1.54) is 12.0 Å². The van der Waals surface area contributed by atoms with Crippen LogP contribution in [0, 0.1) is 29.1 Å². The predicted octanol–water partition coefficient (Wildman–Crippen LogP) is 4.38. The minimum Gasteiger partial charge on any atom is -0.496 e. The van der Waals surface area contributed by atoms with Crippen LogP contribution in [-0.2, 0) is 22.6 Å². The number of carbonyl (C=O) groups excluding carboxylic acids is 1. The van der Waals surface area contributed by atoms with Gasteiger partial charge < -0.3 is 25.6 Å². The van der Waals surface area contributed by atoms with Gasteiger partial charge in [-0.25, -0.2) is 0 Å². The van der Waals surface area contributed by atoms with Crippen LogP contribution >= 0.6 is 0 Å². The van der Waals surface area contributed by atoms with Crippen LogP contribution in [0.25, 0.3) is 11.1 Å². The Labute approximate surface area is 249 Å². The fourth-order valence-electron chi connectivity index (χ4n) is 8.58. The fraction of sp³-hybridized carbons (Fsp3) is 0.618. The number of ether oxygens (including phenoxy) is 1. The first-order chi connectivity index (χ1) is 20.1. The highest BCUT2D eigenvalue weighted by molar-refractivity contribution is 5.83. The summed E-state index contributed by atoms with van der Waals surface area (Å²) in [7, 11) is 1.68. The lowest BCUT2D eigenvalue weighted by molar-refractivity contribution is -0.183. The van der Waals surface area contributed by atoms with Crippen molar-refractivity contribution in [2.75, 3.05) is 25.6 Å². The molecular formula is C34H47N3O5. The van der Waals surface area contributed by atoms with Crippen LogP contribution in [0.4, 0.5) is 5.69 Å². The highest BCUT2D eigenvalue weighted by Crippen LogP contribution is 2.61. The zero-order valence-corrected chi connectivity index (χ0v) is 25.6. The van der Waals surface area contributed by atoms with Gasteiger partial charge in [0.05, 0.1) is 26.4 Å². The summed E-state index contributed by atoms with van der Waals surface area (Å²) in [6.07, 6.45) is 2.76. The summed E-state index contributed by atoms with van der Waals surface area (Å²) in [5.74, 6) is 1.62. The first-order valence-electron chi connectivity index (χ1n) is 15.7. The van der Waals surface area contributed by atoms with Gasteiger partial charge in [0.15, 0.2) is 0 Å². The molecule has 3 aliphatic carbocycles. The molecule has 8 heteroatoms. The average Bonchev–Trinajstić information content (AvgIpc) is 3.36. The average molecular weight is 578 g/mol. The molecule has 42 heavy (non-hydrogen) atoms. The monoisotopic (exact) mass is 577 g/mol. The van der Waals surface area contributed by atoms with Gasteiger partial charge in [0.1, 0.15) is 17.9 Å². The SMILES string of the molecule is COc1c(CN2O[C@@H](CO)[C@H]([C@H](C)O)[C@H]2C(=O)N[C@H]2C[C@H]3C[C@@H]([C@@H]2C)C3(C)C)cccc1-c1cccc2c1CCCN2. The molecule has 228 valence electrons. The van der Waals surface area contributed by atoms with Crippen molar-refractivity contribution < 1.29 is 24.6 Å². The van der Waals surface area contributed by atoms with Crippen LogP contribution in [0.3, 0.4) is 0 Å². The van der Waals surface area contributed by atoms with Crippen LogP contribution in [0.15, 0.2) is 36.4 Å². The molecule has 8 atom stereocenters. The molecule has 4 fully saturated rings. The van der Waals surface area contributed by atoms with Gasteiger partial charge >= 0.3 is 0 Å². The lowest BCUT2D eigenvalue weighted by Crippen LogP contribution is -2.62. The van der Waals surface area contributed by atoms with Gasteiger partial charge in [0.2, 0.25) is 5.91 Å². The number of aliphatic hydroxyl groups excluding tert-OH is 2. The Kier molecular flexibility index (Phi) is 8.02. The molecule has 2 aliphatic heterocycles. The van der Waals surface area contributed by atoms with E-state index >= 15 is 0 Å². The van der Waals surface area contributed by atoms with Gasteiger partial charge in [-0.3, -0.25) is 9.63 Å². The van der Waals surface area contributed by atoms with E-state index in [4.69, 9.17) is 9.57 Å². The van der Waals surface area contributed by atoms with Crippen molar-refractivity contribution in [1.29, 1.82) is 0 Å². The van der Waals surface area contributed by atoms with Crippen LogP contribution in [0.5, 0.6) is 5.75 Å². The maximum Gasteiger partial charge on any atom is 0.240 e. The number of amides is 1. The molecule has 3 saturated carbocycles. The number of methoxy groups -OCH3 is 1. The molecule has 0 unspecified atom stereocenters. The van der Waals surface area contributed by atoms with E-state index in [0.717, 1.165) is 53.9 Å². The Bertz CT molecular complexity index is 1310. The summed E-state index contributed by atoms with van der Waals surface area (Å²) in [4.78, 5) is 20.3. The van der Waals surface area contributed by atoms with Gasteiger partial charge in [-0.1, -0.05) is 51.1 Å². The number of nitrogens with zero attached hydrogens (tertiary/aromatic N) is 1. The normalized spacial score (nSPS) is 32.3. The third-order valence-electron chi connectivity index (χ3n) is 11.1. The van der Waals surface area contributed by atoms with Crippen molar-refractivity contribution in [2.24, 2.45) is 29.1 Å². The van der Waals surface area contributed by atoms with Crippen LogP contribution in [0.1, 0.15) is 58.1 Å². The molecule has 2 aromatic rings. The van der Waals surface area contributed by atoms with E-state index in [9.17, 15) is 15.0 Å². The van der Waals surface area contributed by atoms with Gasteiger partial charge in [-0.15, -0.1) is 0 Å². The van der Waals surface area contributed by atoms with Crippen molar-refractivity contribution >= 4 is 11.6 Å². The van der Waals surface area contributed by atoms with E-state index in [0.29, 0.717) is 23.2 Å². The minimum atomic E-state index is -0.837. The third-order valence-corrected chi connectivity index (χ3v) is 11.1. The Morgan fingerprint density at radius 1 is 1.21 bits per heavy atom. The first kappa shape index (κ1) is 29.4. The summed E-state index contributed by atoms with van der Waals surface area (Å²) in [5.41, 5.74) is 5.78. The molecule has 4 N–H and O–H groups in total. The van der Waals surface area contributed by atoms with Gasteiger partial charge in [0, 0.05) is 35.3 Å². The molecule has 0 aromatic heterocycles. The Morgan fingerprint density at radius 3 is 2.67 bits per heavy atom. The van der Waals surface area contributed by atoms with E-state index in [1.807, 2.05) is 12.1 Å². The minimum absolute atomic E-state index is 0.0923. The standard InChI is InChI=1S/C34H47N3O5/c1-19-26-15-22(34(26,3)4)16-28(19)36-33(40)31-30(20(2)39)29(18-38)42-37(31)17-21-9-6-11-25(32(21)41-5)23-10-7-13-27-24(23)12-8-14-35-27/h6-7,9-11,13,19-20,22,26,28-31,35,38-39H,8,12,14-18H2,1-5H3,(H,36,40)/t19-,20-,22+,26-,28-,29-,30-,31-/m0/s1. The van der Waals surface area contributed by atoms with E-state index in [-0.39, 0.29) is 25.1 Å². The summed E-state index contributed by atoms with van der Waals surface area (Å²) >= 11 is 0. The number of hydroxylamine groups is 2. The molecule has 8 nitrogen and oxygen atoms in total. The summed E-state index contributed by atoms with van der Waals surface area (Å²) < 4.78 is 6.03. The molecule has 5 aliphatic rings. The van der Waals surface area contributed by atoms with Crippen LogP contribution < -0.4 is 15.4 Å². The Balaban J connectivity index is 1.29. The second kappa shape index (κ2) is 11.5. The lowest BCUT2D eigenvalue weighted by atomic mass is 9.45. The van der Waals surface area contributed by atoms with Crippen LogP contribution in [0.2, 0.25) is 0 Å². The Morgan fingerprint density at radius 2 is 1.98 bits per heavy atom. The maximum atomic E-state index is 14.1. The molecule has 1 amide bonds. The molecule has 2 aromatic carbocycles. The molecule has 0 spiro atoms. The van der Waals surface area contributed by atoms with Crippen molar-refractivity contribution in [3.63, 3.8) is 0 Å². The number of nitrogens with one attached hydrogen (secondary N) is 2. The molecular weight excluding hydrogens is 530 g/mol. The summed E-state index contributed by atoms with van der Waals surface area (Å²) in [6.45, 7) is 9.60. The fourth-order valence-corrected chi connectivity index (χ4v) is 8.58. The first-order valence-corrected chi connectivity index (χ1v) is 15.7. The quantitative estimate of drug-likeness (QED) is 0.369. The maximum absolute atomic E-state index is 14.1. The number of fused-ring (bicyclic) bond motifs is 3. The largest absolute Gasteiger partial charge is 0.496 e. The van der Waals surface area contributed by atoms with E-state index in [1.54, 1.807) is 19.1 Å². The predicted molar refractivity (Wildman–Crippen MR) is 163 cm³/mol. The number of benzene rings is 2. The smallest absolute Gasteiger partial charge is 0.240 e. The zero-order valence-electron chi connectivity index (χ0n) is 25.6. The molecule has 0 radical (unpaired) electrons. The van der Waals surface area contributed by atoms with Crippen molar-refractivity contribution in [1.82, 2.24) is 10.4 Å². The number of anilines is 1. The van der Waals surface area contributed by atoms with E-state index < -0.39 is 24.2 Å². The number of rotatable bonds is 8. The number of carbonyl (C=O) groups is 1. The second-order valence-corrected chi connectivity index (χ2v) is 13.6. The highest BCUT2D eigenvalue weighted by Gasteiger charge is 2.57. The Hall–Kier alpha value is -2.65. The molecule has 2 heterocycles.